The van der Waals surface area contributed by atoms with Crippen LogP contribution < -0.4 is 5.25 Å². The fourth-order valence-electron chi connectivity index (χ4n) is 1.07. The van der Waals surface area contributed by atoms with Crippen LogP contribution in [0.3, 0.4) is 0 Å². The van der Waals surface area contributed by atoms with Gasteiger partial charge in [-0.1, -0.05) is 5.25 Å². The number of hydrogen-bond acceptors (Lipinski definition) is 4. The van der Waals surface area contributed by atoms with Crippen LogP contribution in [-0.4, -0.2) is 49.4 Å². The third-order valence-electron chi connectivity index (χ3n) is 1.45. The molecule has 0 saturated carbocycles. The summed E-state index contributed by atoms with van der Waals surface area (Å²) in [6.07, 6.45) is -0.929. The van der Waals surface area contributed by atoms with Gasteiger partial charge in [-0.2, -0.15) is 0 Å². The van der Waals surface area contributed by atoms with Gasteiger partial charge < -0.3 is 9.59 Å². The third kappa shape index (κ3) is 9.55. The first kappa shape index (κ1) is 14.2. The number of quaternary nitrogens is 1. The van der Waals surface area contributed by atoms with Crippen molar-refractivity contribution in [2.24, 2.45) is 0 Å². The lowest BCUT2D eigenvalue weighted by Crippen LogP contribution is -2.44. The summed E-state index contributed by atoms with van der Waals surface area (Å²) >= 11 is 0. The molecule has 0 aromatic rings. The molecule has 0 aromatic heterocycles. The molecule has 8 heteroatoms. The second-order valence-corrected chi connectivity index (χ2v) is 4.86. The number of aliphatic carboxylic acids is 1. The van der Waals surface area contributed by atoms with E-state index in [1.165, 1.54) is 0 Å². The highest BCUT2D eigenvalue weighted by molar-refractivity contribution is 7.27. The molecular weight excluding hydrogens is 223 g/mol. The van der Waals surface area contributed by atoms with Gasteiger partial charge >= 0.3 is 13.8 Å². The summed E-state index contributed by atoms with van der Waals surface area (Å²) < 4.78 is 20.9. The normalized spacial score (nSPS) is 13.5. The van der Waals surface area contributed by atoms with E-state index < -0.39 is 19.9 Å². The summed E-state index contributed by atoms with van der Waals surface area (Å²) in [6.45, 7) is 0.391. The number of carbonyl (C=O) groups is 1. The van der Waals surface area contributed by atoms with Crippen molar-refractivity contribution in [2.45, 2.75) is 12.5 Å². The maximum Gasteiger partial charge on any atom is 0.419 e. The lowest BCUT2D eigenvalue weighted by atomic mass is 10.2. The van der Waals surface area contributed by atoms with Crippen LogP contribution in [0, 0.1) is 0 Å². The predicted molar refractivity (Wildman–Crippen MR) is 51.5 cm³/mol. The van der Waals surface area contributed by atoms with Gasteiger partial charge in [-0.05, 0) is 0 Å². The molecule has 0 heterocycles. The summed E-state index contributed by atoms with van der Waals surface area (Å²) in [5.74, 6) is -1.03. The van der Waals surface area contributed by atoms with Gasteiger partial charge in [0.2, 0.25) is 0 Å². The number of rotatable bonds is 7. The third-order valence-corrected chi connectivity index (χ3v) is 1.70. The smallest absolute Gasteiger partial charge is 0.419 e. The van der Waals surface area contributed by atoms with Gasteiger partial charge in [0.25, 0.3) is 0 Å². The van der Waals surface area contributed by atoms with Gasteiger partial charge in [0, 0.05) is 0 Å². The summed E-state index contributed by atoms with van der Waals surface area (Å²) in [4.78, 5) is 15.2. The molecule has 88 valence electrons. The lowest BCUT2D eigenvalue weighted by Gasteiger charge is -2.27. The van der Waals surface area contributed by atoms with Crippen LogP contribution in [0.1, 0.15) is 6.42 Å². The van der Waals surface area contributed by atoms with Crippen LogP contribution in [-0.2, 0) is 18.8 Å². The van der Waals surface area contributed by atoms with Crippen LogP contribution in [0.4, 0.5) is 0 Å². The van der Waals surface area contributed by atoms with Crippen molar-refractivity contribution in [3.8, 4) is 0 Å². The molecule has 2 N–H and O–H groups in total. The molecule has 0 bridgehead atoms. The highest BCUT2D eigenvalue weighted by atomic mass is 31.1. The summed E-state index contributed by atoms with van der Waals surface area (Å²) in [5, 5.41) is 10.3. The largest absolute Gasteiger partial charge is 0.481 e. The Morgan fingerprint density at radius 2 is 2.00 bits per heavy atom. The van der Waals surface area contributed by atoms with Gasteiger partial charge in [-0.3, -0.25) is 9.63 Å². The van der Waals surface area contributed by atoms with Crippen molar-refractivity contribution >= 4 is 13.8 Å². The van der Waals surface area contributed by atoms with E-state index in [0.29, 0.717) is 11.0 Å². The second kappa shape index (κ2) is 5.97. The van der Waals surface area contributed by atoms with Crippen LogP contribution in [0.2, 0.25) is 0 Å². The van der Waals surface area contributed by atoms with Crippen molar-refractivity contribution < 1.29 is 28.4 Å². The van der Waals surface area contributed by atoms with Crippen LogP contribution in [0.25, 0.3) is 0 Å². The number of likely N-dealkylation sites (N-methyl/N-ethyl adjacent to an activating group) is 1. The minimum atomic E-state index is -2.87. The second-order valence-electron chi connectivity index (χ2n) is 4.16. The summed E-state index contributed by atoms with van der Waals surface area (Å²) in [5.41, 5.74) is 0. The molecular formula is C7H16N2O5P+. The number of hydrogen-bond donors (Lipinski definition) is 2. The minimum absolute atomic E-state index is 0.244. The van der Waals surface area contributed by atoms with Gasteiger partial charge in [-0.15, -0.1) is 0 Å². The zero-order valence-electron chi connectivity index (χ0n) is 8.97. The van der Waals surface area contributed by atoms with Gasteiger partial charge in [0.1, 0.15) is 12.6 Å². The lowest BCUT2D eigenvalue weighted by molar-refractivity contribution is -0.873. The zero-order chi connectivity index (χ0) is 12.1. The van der Waals surface area contributed by atoms with Crippen molar-refractivity contribution in [2.75, 3.05) is 27.7 Å². The molecule has 1 atom stereocenters. The molecule has 0 fully saturated rings. The van der Waals surface area contributed by atoms with Crippen LogP contribution in [0.5, 0.6) is 0 Å². The quantitative estimate of drug-likeness (QED) is 0.373. The Morgan fingerprint density at radius 1 is 1.47 bits per heavy atom. The zero-order valence-corrected chi connectivity index (χ0v) is 9.86. The van der Waals surface area contributed by atoms with E-state index in [1.807, 2.05) is 21.1 Å². The molecule has 0 amide bonds. The Labute approximate surface area is 88.4 Å². The Kier molecular flexibility index (Phi) is 5.67. The molecule has 7 nitrogen and oxygen atoms in total. The van der Waals surface area contributed by atoms with E-state index in [4.69, 9.17) is 9.94 Å². The maximum absolute atomic E-state index is 10.5. The molecule has 0 aliphatic heterocycles. The van der Waals surface area contributed by atoms with E-state index in [9.17, 15) is 13.9 Å². The highest BCUT2D eigenvalue weighted by Crippen LogP contribution is 2.06. The molecule has 15 heavy (non-hydrogen) atoms. The van der Waals surface area contributed by atoms with Gasteiger partial charge in [0.05, 0.1) is 27.6 Å². The van der Waals surface area contributed by atoms with E-state index in [-0.39, 0.29) is 6.42 Å². The monoisotopic (exact) mass is 239 g/mol. The fraction of sp³-hybridized carbons (Fsp3) is 0.857. The fourth-order valence-corrected chi connectivity index (χ4v) is 1.30. The van der Waals surface area contributed by atoms with Crippen molar-refractivity contribution in [3.63, 3.8) is 0 Å². The number of carboxylic acid groups (broad SMARTS) is 1. The predicted octanol–water partition coefficient (Wildman–Crippen LogP) is 0.145. The number of nitrogens with zero attached hydrogens (tertiary/aromatic N) is 1. The van der Waals surface area contributed by atoms with Crippen LogP contribution >= 0.6 is 7.83 Å². The molecule has 0 aromatic carbocycles. The standard InChI is InChI=1S/C7H15N2O5P/c1-9(2,3)5-6(4-7(10)11)14-8-15(12)13/h6H,4-5H2,1-3H3,(H-,8,10,11,12,13)/p+1. The van der Waals surface area contributed by atoms with E-state index in [0.717, 1.165) is 0 Å². The SMILES string of the molecule is C[N+](C)(C)CC(CC(=O)O)ONP(=O)=O. The Bertz CT molecular complexity index is 276. The summed E-state index contributed by atoms with van der Waals surface area (Å²) in [7, 11) is 2.70. The highest BCUT2D eigenvalue weighted by Gasteiger charge is 2.22. The topological polar surface area (TPSA) is 92.7 Å². The molecule has 0 radical (unpaired) electrons. The molecule has 0 saturated heterocycles. The number of carboxylic acids is 1. The summed E-state index contributed by atoms with van der Waals surface area (Å²) in [6, 6.07) is 0. The van der Waals surface area contributed by atoms with Crippen LogP contribution in [0.15, 0.2) is 0 Å². The van der Waals surface area contributed by atoms with Gasteiger partial charge in [0.15, 0.2) is 0 Å². The first-order chi connectivity index (χ1) is 6.70. The van der Waals surface area contributed by atoms with E-state index in [2.05, 4.69) is 0 Å². The molecule has 0 spiro atoms. The Morgan fingerprint density at radius 3 is 2.33 bits per heavy atom. The first-order valence-electron chi connectivity index (χ1n) is 4.28. The average Bonchev–Trinajstić information content (AvgIpc) is 1.95. The van der Waals surface area contributed by atoms with E-state index >= 15 is 0 Å². The van der Waals surface area contributed by atoms with Crippen molar-refractivity contribution in [3.05, 3.63) is 0 Å². The molecule has 1 unspecified atom stereocenters. The van der Waals surface area contributed by atoms with Crippen molar-refractivity contribution in [1.29, 1.82) is 0 Å². The first-order valence-corrected chi connectivity index (χ1v) is 5.46. The molecule has 0 aliphatic rings. The Balaban J connectivity index is 4.24. The molecule has 0 rings (SSSR count). The number of nitrogens with one attached hydrogen (secondary N) is 1. The average molecular weight is 239 g/mol. The van der Waals surface area contributed by atoms with Crippen molar-refractivity contribution in [1.82, 2.24) is 5.25 Å². The maximum atomic E-state index is 10.5. The molecule has 0 aliphatic carbocycles. The van der Waals surface area contributed by atoms with E-state index in [1.54, 1.807) is 5.25 Å². The van der Waals surface area contributed by atoms with Gasteiger partial charge in [-0.25, -0.2) is 9.13 Å². The minimum Gasteiger partial charge on any atom is -0.481 e. The Hall–Kier alpha value is -0.750.